The Morgan fingerprint density at radius 1 is 1.39 bits per heavy atom. The smallest absolute Gasteiger partial charge is 0.318 e. The van der Waals surface area contributed by atoms with Crippen LogP contribution in [0.5, 0.6) is 0 Å². The zero-order chi connectivity index (χ0) is 13.0. The molecular weight excluding hydrogens is 232 g/mol. The predicted octanol–water partition coefficient (Wildman–Crippen LogP) is 1.62. The number of hydrogen-bond acceptors (Lipinski definition) is 2. The Morgan fingerprint density at radius 2 is 2.11 bits per heavy atom. The average Bonchev–Trinajstić information content (AvgIpc) is 2.77. The fraction of sp³-hybridized carbons (Fsp3) is 0.385. The molecule has 1 fully saturated rings. The summed E-state index contributed by atoms with van der Waals surface area (Å²) in [7, 11) is 0. The Morgan fingerprint density at radius 3 is 2.67 bits per heavy atom. The molecule has 2 rings (SSSR count). The fourth-order valence-corrected chi connectivity index (χ4v) is 2.22. The zero-order valence-corrected chi connectivity index (χ0v) is 10.0. The number of urea groups is 1. The van der Waals surface area contributed by atoms with E-state index in [-0.39, 0.29) is 18.5 Å². The van der Waals surface area contributed by atoms with Crippen molar-refractivity contribution in [1.82, 2.24) is 10.2 Å². The van der Waals surface area contributed by atoms with Crippen LogP contribution in [0.2, 0.25) is 0 Å². The maximum absolute atomic E-state index is 11.7. The van der Waals surface area contributed by atoms with Crippen molar-refractivity contribution < 1.29 is 14.7 Å². The summed E-state index contributed by atoms with van der Waals surface area (Å²) in [5, 5.41) is 11.5. The number of carboxylic acids is 1. The molecule has 0 saturated carbocycles. The van der Waals surface area contributed by atoms with E-state index in [1.807, 2.05) is 30.3 Å². The molecule has 0 bridgehead atoms. The summed E-state index contributed by atoms with van der Waals surface area (Å²) < 4.78 is 0. The SMILES string of the molecule is O=C(O)CCC(c1ccccc1)N1CCNC1=O. The van der Waals surface area contributed by atoms with Crippen molar-refractivity contribution in [2.75, 3.05) is 13.1 Å². The van der Waals surface area contributed by atoms with Crippen LogP contribution in [0.1, 0.15) is 24.4 Å². The monoisotopic (exact) mass is 248 g/mol. The van der Waals surface area contributed by atoms with Gasteiger partial charge in [0.15, 0.2) is 0 Å². The second-order valence-electron chi connectivity index (χ2n) is 4.28. The highest BCUT2D eigenvalue weighted by Gasteiger charge is 2.28. The lowest BCUT2D eigenvalue weighted by atomic mass is 10.0. The summed E-state index contributed by atoms with van der Waals surface area (Å²) in [6.45, 7) is 1.24. The van der Waals surface area contributed by atoms with Gasteiger partial charge in [0.25, 0.3) is 0 Å². The molecule has 1 aromatic carbocycles. The van der Waals surface area contributed by atoms with Crippen molar-refractivity contribution in [3.63, 3.8) is 0 Å². The number of carbonyl (C=O) groups excluding carboxylic acids is 1. The second kappa shape index (κ2) is 5.53. The van der Waals surface area contributed by atoms with Gasteiger partial charge in [0.2, 0.25) is 0 Å². The van der Waals surface area contributed by atoms with Crippen LogP contribution >= 0.6 is 0 Å². The van der Waals surface area contributed by atoms with Gasteiger partial charge in [-0.15, -0.1) is 0 Å². The van der Waals surface area contributed by atoms with Gasteiger partial charge in [-0.2, -0.15) is 0 Å². The molecule has 96 valence electrons. The van der Waals surface area contributed by atoms with Crippen molar-refractivity contribution in [1.29, 1.82) is 0 Å². The van der Waals surface area contributed by atoms with Gasteiger partial charge in [-0.05, 0) is 12.0 Å². The van der Waals surface area contributed by atoms with Gasteiger partial charge in [-0.3, -0.25) is 4.79 Å². The average molecular weight is 248 g/mol. The fourth-order valence-electron chi connectivity index (χ4n) is 2.22. The molecule has 2 N–H and O–H groups in total. The quantitative estimate of drug-likeness (QED) is 0.831. The summed E-state index contributed by atoms with van der Waals surface area (Å²) in [6, 6.07) is 9.28. The Bertz CT molecular complexity index is 433. The van der Waals surface area contributed by atoms with Crippen LogP contribution in [0, 0.1) is 0 Å². The van der Waals surface area contributed by atoms with Gasteiger partial charge in [-0.25, -0.2) is 4.79 Å². The highest BCUT2D eigenvalue weighted by Crippen LogP contribution is 2.26. The van der Waals surface area contributed by atoms with Gasteiger partial charge in [0.1, 0.15) is 0 Å². The molecule has 1 atom stereocenters. The molecule has 2 amide bonds. The Hall–Kier alpha value is -2.04. The van der Waals surface area contributed by atoms with E-state index in [1.54, 1.807) is 4.90 Å². The molecular formula is C13H16N2O3. The molecule has 5 heteroatoms. The van der Waals surface area contributed by atoms with Gasteiger partial charge < -0.3 is 15.3 Å². The number of carbonyl (C=O) groups is 2. The number of rotatable bonds is 5. The molecule has 0 aliphatic carbocycles. The van der Waals surface area contributed by atoms with Crippen LogP contribution in [-0.2, 0) is 4.79 Å². The molecule has 0 aromatic heterocycles. The summed E-state index contributed by atoms with van der Waals surface area (Å²) >= 11 is 0. The molecule has 1 aliphatic rings. The maximum atomic E-state index is 11.7. The lowest BCUT2D eigenvalue weighted by molar-refractivity contribution is -0.137. The largest absolute Gasteiger partial charge is 0.481 e. The van der Waals surface area contributed by atoms with Crippen LogP contribution in [-0.4, -0.2) is 35.1 Å². The minimum Gasteiger partial charge on any atom is -0.481 e. The number of hydrogen-bond donors (Lipinski definition) is 2. The molecule has 1 saturated heterocycles. The van der Waals surface area contributed by atoms with Crippen molar-refractivity contribution in [3.8, 4) is 0 Å². The van der Waals surface area contributed by atoms with E-state index in [1.165, 1.54) is 0 Å². The first-order valence-corrected chi connectivity index (χ1v) is 5.99. The van der Waals surface area contributed by atoms with Crippen LogP contribution in [0.15, 0.2) is 30.3 Å². The normalized spacial score (nSPS) is 16.4. The minimum absolute atomic E-state index is 0.0589. The molecule has 5 nitrogen and oxygen atoms in total. The molecule has 0 radical (unpaired) electrons. The van der Waals surface area contributed by atoms with Gasteiger partial charge in [0.05, 0.1) is 6.04 Å². The minimum atomic E-state index is -0.837. The summed E-state index contributed by atoms with van der Waals surface area (Å²) in [5.74, 6) is -0.837. The van der Waals surface area contributed by atoms with Crippen molar-refractivity contribution in [3.05, 3.63) is 35.9 Å². The third-order valence-electron chi connectivity index (χ3n) is 3.08. The van der Waals surface area contributed by atoms with Crippen LogP contribution < -0.4 is 5.32 Å². The first-order valence-electron chi connectivity index (χ1n) is 5.99. The molecule has 1 unspecified atom stereocenters. The summed E-state index contributed by atoms with van der Waals surface area (Å²) in [5.41, 5.74) is 0.982. The van der Waals surface area contributed by atoms with Crippen molar-refractivity contribution in [2.45, 2.75) is 18.9 Å². The number of benzene rings is 1. The first kappa shape index (κ1) is 12.4. The van der Waals surface area contributed by atoms with E-state index in [9.17, 15) is 9.59 Å². The summed E-state index contributed by atoms with van der Waals surface area (Å²) in [6.07, 6.45) is 0.496. The Labute approximate surface area is 105 Å². The van der Waals surface area contributed by atoms with E-state index in [4.69, 9.17) is 5.11 Å². The molecule has 1 aliphatic heterocycles. The standard InChI is InChI=1S/C13H16N2O3/c16-12(17)7-6-11(10-4-2-1-3-5-10)15-9-8-14-13(15)18/h1-5,11H,6-9H2,(H,14,18)(H,16,17). The Balaban J connectivity index is 2.17. The molecule has 0 spiro atoms. The molecule has 1 heterocycles. The van der Waals surface area contributed by atoms with E-state index in [0.29, 0.717) is 19.5 Å². The van der Waals surface area contributed by atoms with Crippen LogP contribution in [0.3, 0.4) is 0 Å². The lowest BCUT2D eigenvalue weighted by Crippen LogP contribution is -2.32. The number of carboxylic acid groups (broad SMARTS) is 1. The predicted molar refractivity (Wildman–Crippen MR) is 66.2 cm³/mol. The number of amides is 2. The third-order valence-corrected chi connectivity index (χ3v) is 3.08. The number of nitrogens with zero attached hydrogens (tertiary/aromatic N) is 1. The van der Waals surface area contributed by atoms with Gasteiger partial charge in [-0.1, -0.05) is 30.3 Å². The van der Waals surface area contributed by atoms with Gasteiger partial charge in [0, 0.05) is 19.5 Å². The highest BCUT2D eigenvalue weighted by atomic mass is 16.4. The maximum Gasteiger partial charge on any atom is 0.318 e. The Kier molecular flexibility index (Phi) is 3.82. The van der Waals surface area contributed by atoms with Crippen LogP contribution in [0.4, 0.5) is 4.79 Å². The lowest BCUT2D eigenvalue weighted by Gasteiger charge is -2.26. The van der Waals surface area contributed by atoms with Crippen LogP contribution in [0.25, 0.3) is 0 Å². The van der Waals surface area contributed by atoms with Crippen molar-refractivity contribution >= 4 is 12.0 Å². The van der Waals surface area contributed by atoms with E-state index in [0.717, 1.165) is 5.56 Å². The van der Waals surface area contributed by atoms with E-state index in [2.05, 4.69) is 5.32 Å². The molecule has 1 aromatic rings. The van der Waals surface area contributed by atoms with Crippen molar-refractivity contribution in [2.24, 2.45) is 0 Å². The highest BCUT2D eigenvalue weighted by molar-refractivity contribution is 5.77. The molecule has 18 heavy (non-hydrogen) atoms. The zero-order valence-electron chi connectivity index (χ0n) is 10.0. The van der Waals surface area contributed by atoms with E-state index < -0.39 is 5.97 Å². The summed E-state index contributed by atoms with van der Waals surface area (Å²) in [4.78, 5) is 24.1. The topological polar surface area (TPSA) is 69.6 Å². The van der Waals surface area contributed by atoms with E-state index >= 15 is 0 Å². The second-order valence-corrected chi connectivity index (χ2v) is 4.28. The first-order chi connectivity index (χ1) is 8.68. The van der Waals surface area contributed by atoms with Gasteiger partial charge >= 0.3 is 12.0 Å². The third kappa shape index (κ3) is 2.80. The number of nitrogens with one attached hydrogen (secondary N) is 1. The number of aliphatic carboxylic acids is 1.